The van der Waals surface area contributed by atoms with Gasteiger partial charge in [-0.15, -0.1) is 5.10 Å². The zero-order valence-electron chi connectivity index (χ0n) is 15.8. The molecule has 2 heterocycles. The van der Waals surface area contributed by atoms with Crippen LogP contribution in [0.2, 0.25) is 0 Å². The number of nitrogens with zero attached hydrogens (tertiary/aromatic N) is 3. The monoisotopic (exact) mass is 473 g/mol. The summed E-state index contributed by atoms with van der Waals surface area (Å²) in [5, 5.41) is 4.40. The van der Waals surface area contributed by atoms with E-state index in [9.17, 15) is 4.79 Å². The molecule has 4 rings (SSSR count). The van der Waals surface area contributed by atoms with Crippen LogP contribution in [-0.2, 0) is 0 Å². The molecule has 4 aromatic rings. The van der Waals surface area contributed by atoms with E-state index in [4.69, 9.17) is 14.2 Å². The second-order valence-electron chi connectivity index (χ2n) is 6.01. The minimum atomic E-state index is -0.224. The van der Waals surface area contributed by atoms with Gasteiger partial charge in [0.25, 0.3) is 5.56 Å². The highest BCUT2D eigenvalue weighted by Gasteiger charge is 2.15. The van der Waals surface area contributed by atoms with Gasteiger partial charge in [-0.3, -0.25) is 4.79 Å². The second kappa shape index (κ2) is 7.84. The fraction of sp³-hybridized carbons (Fsp3) is 0.150. The van der Waals surface area contributed by atoms with Gasteiger partial charge in [0, 0.05) is 10.0 Å². The number of hydrogen-bond donors (Lipinski definition) is 0. The van der Waals surface area contributed by atoms with Crippen LogP contribution in [0.5, 0.6) is 17.2 Å². The van der Waals surface area contributed by atoms with E-state index in [-0.39, 0.29) is 5.56 Å². The lowest BCUT2D eigenvalue weighted by atomic mass is 10.2. The van der Waals surface area contributed by atoms with Crippen molar-refractivity contribution in [2.45, 2.75) is 0 Å². The predicted molar refractivity (Wildman–Crippen MR) is 115 cm³/mol. The van der Waals surface area contributed by atoms with Crippen molar-refractivity contribution < 1.29 is 14.2 Å². The zero-order valence-corrected chi connectivity index (χ0v) is 18.2. The maximum Gasteiger partial charge on any atom is 0.291 e. The Bertz CT molecular complexity index is 1320. The molecular weight excluding hydrogens is 458 g/mol. The van der Waals surface area contributed by atoms with E-state index in [1.807, 2.05) is 30.3 Å². The summed E-state index contributed by atoms with van der Waals surface area (Å²) in [5.41, 5.74) is 1.35. The first-order valence-electron chi connectivity index (χ1n) is 8.51. The summed E-state index contributed by atoms with van der Waals surface area (Å²) >= 11 is 4.77. The Balaban J connectivity index is 1.78. The fourth-order valence-electron chi connectivity index (χ4n) is 2.84. The van der Waals surface area contributed by atoms with Gasteiger partial charge in [0.15, 0.2) is 17.3 Å². The lowest BCUT2D eigenvalue weighted by Gasteiger charge is -2.07. The second-order valence-corrected chi connectivity index (χ2v) is 7.87. The Morgan fingerprint density at radius 3 is 2.52 bits per heavy atom. The molecule has 0 fully saturated rings. The van der Waals surface area contributed by atoms with E-state index in [1.165, 1.54) is 15.9 Å². The van der Waals surface area contributed by atoms with E-state index in [0.29, 0.717) is 32.6 Å². The molecule has 0 aliphatic heterocycles. The summed E-state index contributed by atoms with van der Waals surface area (Å²) in [6, 6.07) is 11.0. The first-order chi connectivity index (χ1) is 14.0. The van der Waals surface area contributed by atoms with Crippen molar-refractivity contribution in [3.63, 3.8) is 0 Å². The van der Waals surface area contributed by atoms with Gasteiger partial charge in [0.1, 0.15) is 5.75 Å². The van der Waals surface area contributed by atoms with Crippen molar-refractivity contribution in [2.24, 2.45) is 0 Å². The summed E-state index contributed by atoms with van der Waals surface area (Å²) in [7, 11) is 4.75. The molecule has 0 bridgehead atoms. The molecule has 0 spiro atoms. The molecule has 0 amide bonds. The van der Waals surface area contributed by atoms with E-state index in [2.05, 4.69) is 26.0 Å². The molecular formula is C20H16BrN3O4S. The van der Waals surface area contributed by atoms with E-state index in [1.54, 1.807) is 33.5 Å². The van der Waals surface area contributed by atoms with Gasteiger partial charge in [-0.25, -0.2) is 0 Å². The Morgan fingerprint density at radius 2 is 1.83 bits per heavy atom. The topological polar surface area (TPSA) is 75.0 Å². The highest BCUT2D eigenvalue weighted by molar-refractivity contribution is 9.10. The first kappa shape index (κ1) is 19.4. The maximum atomic E-state index is 12.8. The largest absolute Gasteiger partial charge is 0.497 e. The Hall–Kier alpha value is -2.91. The molecule has 2 aromatic heterocycles. The summed E-state index contributed by atoms with van der Waals surface area (Å²) < 4.78 is 18.5. The third-order valence-corrected chi connectivity index (χ3v) is 5.95. The molecule has 0 radical (unpaired) electrons. The van der Waals surface area contributed by atoms with Gasteiger partial charge in [-0.2, -0.15) is 9.50 Å². The number of halogens is 1. The number of thiazole rings is 1. The molecule has 29 heavy (non-hydrogen) atoms. The normalized spacial score (nSPS) is 11.8. The Kier molecular flexibility index (Phi) is 5.25. The molecule has 0 aliphatic carbocycles. The maximum absolute atomic E-state index is 12.8. The van der Waals surface area contributed by atoms with E-state index < -0.39 is 0 Å². The van der Waals surface area contributed by atoms with Gasteiger partial charge in [0.2, 0.25) is 4.96 Å². The number of benzene rings is 2. The standard InChI is InChI=1S/C20H16BrN3O4S/c1-26-12-5-6-14(21)13(10-12)18-22-20-24(23-18)19(25)17(29-20)9-11-4-7-15(27-2)16(8-11)28-3/h4-10H,1-3H3/b17-9+. The lowest BCUT2D eigenvalue weighted by molar-refractivity contribution is 0.355. The predicted octanol–water partition coefficient (Wildman–Crippen LogP) is 3.15. The van der Waals surface area contributed by atoms with Gasteiger partial charge in [-0.05, 0) is 42.0 Å². The summed E-state index contributed by atoms with van der Waals surface area (Å²) in [5.74, 6) is 2.37. The van der Waals surface area contributed by atoms with E-state index in [0.717, 1.165) is 15.6 Å². The smallest absolute Gasteiger partial charge is 0.291 e. The van der Waals surface area contributed by atoms with Crippen LogP contribution >= 0.6 is 27.3 Å². The van der Waals surface area contributed by atoms with Crippen molar-refractivity contribution in [1.29, 1.82) is 0 Å². The summed E-state index contributed by atoms with van der Waals surface area (Å²) in [6.07, 6.45) is 1.78. The van der Waals surface area contributed by atoms with Crippen LogP contribution in [-0.4, -0.2) is 35.9 Å². The van der Waals surface area contributed by atoms with Crippen LogP contribution in [0.3, 0.4) is 0 Å². The molecule has 7 nitrogen and oxygen atoms in total. The van der Waals surface area contributed by atoms with Gasteiger partial charge in [-0.1, -0.05) is 33.3 Å². The molecule has 0 saturated carbocycles. The molecule has 0 saturated heterocycles. The Morgan fingerprint density at radius 1 is 1.03 bits per heavy atom. The molecule has 0 unspecified atom stereocenters. The summed E-state index contributed by atoms with van der Waals surface area (Å²) in [6.45, 7) is 0. The van der Waals surface area contributed by atoms with Crippen molar-refractivity contribution in [3.05, 3.63) is 61.3 Å². The lowest BCUT2D eigenvalue weighted by Crippen LogP contribution is -2.23. The molecule has 0 aliphatic rings. The number of aromatic nitrogens is 3. The number of methoxy groups -OCH3 is 3. The fourth-order valence-corrected chi connectivity index (χ4v) is 4.18. The average molecular weight is 474 g/mol. The van der Waals surface area contributed by atoms with Crippen LogP contribution in [0.4, 0.5) is 0 Å². The SMILES string of the molecule is COc1ccc(Br)c(-c2nc3s/c(=C/c4ccc(OC)c(OC)c4)c(=O)n3n2)c1. The number of hydrogen-bond acceptors (Lipinski definition) is 7. The zero-order chi connectivity index (χ0) is 20.5. The first-order valence-corrected chi connectivity index (χ1v) is 10.1. The highest BCUT2D eigenvalue weighted by atomic mass is 79.9. The van der Waals surface area contributed by atoms with Crippen LogP contribution in [0.1, 0.15) is 5.56 Å². The number of fused-ring (bicyclic) bond motifs is 1. The molecule has 9 heteroatoms. The van der Waals surface area contributed by atoms with Gasteiger partial charge >= 0.3 is 0 Å². The van der Waals surface area contributed by atoms with E-state index >= 15 is 0 Å². The van der Waals surface area contributed by atoms with Crippen molar-refractivity contribution >= 4 is 38.3 Å². The third-order valence-electron chi connectivity index (χ3n) is 4.30. The quantitative estimate of drug-likeness (QED) is 0.443. The van der Waals surface area contributed by atoms with Crippen LogP contribution in [0.25, 0.3) is 22.4 Å². The van der Waals surface area contributed by atoms with Gasteiger partial charge in [0.05, 0.1) is 25.9 Å². The highest BCUT2D eigenvalue weighted by Crippen LogP contribution is 2.30. The molecule has 0 N–H and O–H groups in total. The third kappa shape index (κ3) is 3.58. The van der Waals surface area contributed by atoms with Crippen molar-refractivity contribution in [1.82, 2.24) is 14.6 Å². The van der Waals surface area contributed by atoms with Crippen molar-refractivity contribution in [2.75, 3.05) is 21.3 Å². The number of ether oxygens (including phenoxy) is 3. The molecule has 0 atom stereocenters. The molecule has 2 aromatic carbocycles. The van der Waals surface area contributed by atoms with Gasteiger partial charge < -0.3 is 14.2 Å². The van der Waals surface area contributed by atoms with Crippen LogP contribution in [0, 0.1) is 0 Å². The number of rotatable bonds is 5. The summed E-state index contributed by atoms with van der Waals surface area (Å²) in [4.78, 5) is 17.9. The molecule has 148 valence electrons. The minimum absolute atomic E-state index is 0.224. The van der Waals surface area contributed by atoms with Crippen LogP contribution in [0.15, 0.2) is 45.7 Å². The minimum Gasteiger partial charge on any atom is -0.497 e. The van der Waals surface area contributed by atoms with Crippen molar-refractivity contribution in [3.8, 4) is 28.6 Å². The average Bonchev–Trinajstić information content (AvgIpc) is 3.27. The van der Waals surface area contributed by atoms with Crippen LogP contribution < -0.4 is 24.3 Å². The Labute approximate surface area is 178 Å².